The molecule has 1 fully saturated rings. The molecule has 4 N–H and O–H groups in total. The number of nitrogens with one attached hydrogen (secondary N) is 1. The van der Waals surface area contributed by atoms with Gasteiger partial charge >= 0.3 is 11.9 Å². The van der Waals surface area contributed by atoms with Crippen LogP contribution in [0, 0.1) is 0 Å². The maximum absolute atomic E-state index is 12.1. The van der Waals surface area contributed by atoms with E-state index in [9.17, 15) is 14.4 Å². The number of ether oxygens (including phenoxy) is 1. The van der Waals surface area contributed by atoms with Gasteiger partial charge in [0.25, 0.3) is 0 Å². The first-order valence-electron chi connectivity index (χ1n) is 7.08. The minimum Gasteiger partial charge on any atom is -0.480 e. The summed E-state index contributed by atoms with van der Waals surface area (Å²) in [5, 5.41) is 11.5. The number of amides is 1. The van der Waals surface area contributed by atoms with Gasteiger partial charge in [-0.15, -0.1) is 0 Å². The second-order valence-electron chi connectivity index (χ2n) is 6.52. The van der Waals surface area contributed by atoms with Gasteiger partial charge in [-0.2, -0.15) is 0 Å². The second kappa shape index (κ2) is 6.43. The van der Waals surface area contributed by atoms with Crippen LogP contribution < -0.4 is 11.1 Å². The van der Waals surface area contributed by atoms with Crippen LogP contribution in [0.5, 0.6) is 0 Å². The van der Waals surface area contributed by atoms with Gasteiger partial charge in [0.2, 0.25) is 5.91 Å². The zero-order chi connectivity index (χ0) is 16.3. The summed E-state index contributed by atoms with van der Waals surface area (Å²) in [6, 6.07) is -1.33. The van der Waals surface area contributed by atoms with Crippen LogP contribution in [-0.4, -0.2) is 40.1 Å². The van der Waals surface area contributed by atoms with Gasteiger partial charge in [0.05, 0.1) is 12.0 Å². The number of nitrogens with two attached hydrogens (primary N) is 1. The lowest BCUT2D eigenvalue weighted by molar-refractivity contribution is -0.158. The minimum absolute atomic E-state index is 0.422. The van der Waals surface area contributed by atoms with Crippen molar-refractivity contribution < 1.29 is 24.2 Å². The Balaban J connectivity index is 2.64. The topological polar surface area (TPSA) is 119 Å². The standard InChI is InChI=1S/C14H24N2O5/c1-13(2,3)21-10(17)8-9(11(18)19)16-12(20)14(15)6-4-5-7-14/h9H,4-8,15H2,1-3H3,(H,16,20)(H,18,19)/t9-/m0/s1. The molecule has 0 saturated heterocycles. The van der Waals surface area contributed by atoms with Gasteiger partial charge in [-0.3, -0.25) is 9.59 Å². The zero-order valence-electron chi connectivity index (χ0n) is 12.8. The molecule has 1 atom stereocenters. The molecule has 0 aromatic heterocycles. The molecule has 1 aliphatic carbocycles. The van der Waals surface area contributed by atoms with Crippen molar-refractivity contribution in [2.45, 2.75) is 70.1 Å². The number of carbonyl (C=O) groups is 3. The fraction of sp³-hybridized carbons (Fsp3) is 0.786. The van der Waals surface area contributed by atoms with E-state index in [0.29, 0.717) is 12.8 Å². The molecule has 0 unspecified atom stereocenters. The maximum Gasteiger partial charge on any atom is 0.326 e. The van der Waals surface area contributed by atoms with Crippen LogP contribution in [0.2, 0.25) is 0 Å². The van der Waals surface area contributed by atoms with E-state index in [0.717, 1.165) is 12.8 Å². The van der Waals surface area contributed by atoms with E-state index in [4.69, 9.17) is 15.6 Å². The third-order valence-electron chi connectivity index (χ3n) is 3.34. The normalized spacial score (nSPS) is 18.9. The van der Waals surface area contributed by atoms with E-state index in [1.54, 1.807) is 20.8 Å². The van der Waals surface area contributed by atoms with Crippen molar-refractivity contribution in [1.82, 2.24) is 5.32 Å². The highest BCUT2D eigenvalue weighted by molar-refractivity contribution is 5.91. The third kappa shape index (κ3) is 5.34. The lowest BCUT2D eigenvalue weighted by atomic mass is 9.97. The SMILES string of the molecule is CC(C)(C)OC(=O)C[C@H](NC(=O)C1(N)CCCC1)C(=O)O. The number of aliphatic carboxylic acids is 1. The Morgan fingerprint density at radius 1 is 1.29 bits per heavy atom. The third-order valence-corrected chi connectivity index (χ3v) is 3.34. The molecule has 0 aliphatic heterocycles. The Hall–Kier alpha value is -1.63. The minimum atomic E-state index is -1.33. The molecule has 0 aromatic rings. The molecule has 1 saturated carbocycles. The first-order valence-corrected chi connectivity index (χ1v) is 7.08. The molecule has 1 amide bonds. The zero-order valence-corrected chi connectivity index (χ0v) is 12.8. The molecule has 0 radical (unpaired) electrons. The molecule has 7 nitrogen and oxygen atoms in total. The Morgan fingerprint density at radius 3 is 2.24 bits per heavy atom. The summed E-state index contributed by atoms with van der Waals surface area (Å²) in [5.41, 5.74) is 4.23. The molecular formula is C14H24N2O5. The summed E-state index contributed by atoms with van der Waals surface area (Å²) in [4.78, 5) is 35.0. The highest BCUT2D eigenvalue weighted by Gasteiger charge is 2.39. The number of hydrogen-bond donors (Lipinski definition) is 3. The molecule has 0 spiro atoms. The van der Waals surface area contributed by atoms with E-state index >= 15 is 0 Å². The Labute approximate surface area is 124 Å². The van der Waals surface area contributed by atoms with E-state index < -0.39 is 41.4 Å². The van der Waals surface area contributed by atoms with Crippen LogP contribution in [-0.2, 0) is 19.1 Å². The Morgan fingerprint density at radius 2 is 1.81 bits per heavy atom. The van der Waals surface area contributed by atoms with Crippen molar-refractivity contribution in [1.29, 1.82) is 0 Å². The summed E-state index contributed by atoms with van der Waals surface area (Å²) in [5.74, 6) is -2.47. The highest BCUT2D eigenvalue weighted by atomic mass is 16.6. The van der Waals surface area contributed by atoms with Crippen LogP contribution in [0.25, 0.3) is 0 Å². The van der Waals surface area contributed by atoms with Gasteiger partial charge < -0.3 is 20.9 Å². The summed E-state index contributed by atoms with van der Waals surface area (Å²) in [6.45, 7) is 5.06. The summed E-state index contributed by atoms with van der Waals surface area (Å²) in [6.07, 6.45) is 2.31. The van der Waals surface area contributed by atoms with Gasteiger partial charge in [0.15, 0.2) is 0 Å². The van der Waals surface area contributed by atoms with Crippen molar-refractivity contribution in [3.63, 3.8) is 0 Å². The number of hydrogen-bond acceptors (Lipinski definition) is 5. The second-order valence-corrected chi connectivity index (χ2v) is 6.52. The quantitative estimate of drug-likeness (QED) is 0.638. The fourth-order valence-electron chi connectivity index (χ4n) is 2.28. The van der Waals surface area contributed by atoms with E-state index in [1.165, 1.54) is 0 Å². The highest BCUT2D eigenvalue weighted by Crippen LogP contribution is 2.27. The predicted molar refractivity (Wildman–Crippen MR) is 75.4 cm³/mol. The lowest BCUT2D eigenvalue weighted by Gasteiger charge is -2.25. The van der Waals surface area contributed by atoms with Gasteiger partial charge in [0, 0.05) is 0 Å². The smallest absolute Gasteiger partial charge is 0.326 e. The number of carboxylic acids is 1. The average molecular weight is 300 g/mol. The molecule has 0 heterocycles. The van der Waals surface area contributed by atoms with Gasteiger partial charge in [-0.05, 0) is 33.6 Å². The Bertz CT molecular complexity index is 422. The molecule has 0 aromatic carbocycles. The van der Waals surface area contributed by atoms with E-state index in [1.807, 2.05) is 0 Å². The summed E-state index contributed by atoms with van der Waals surface area (Å²) in [7, 11) is 0. The van der Waals surface area contributed by atoms with Crippen molar-refractivity contribution in [2.75, 3.05) is 0 Å². The molecule has 1 rings (SSSR count). The van der Waals surface area contributed by atoms with Gasteiger partial charge in [-0.25, -0.2) is 4.79 Å². The molecule has 120 valence electrons. The number of rotatable bonds is 5. The molecule has 1 aliphatic rings. The number of esters is 1. The lowest BCUT2D eigenvalue weighted by Crippen LogP contribution is -2.56. The fourth-order valence-corrected chi connectivity index (χ4v) is 2.28. The van der Waals surface area contributed by atoms with Crippen LogP contribution in [0.1, 0.15) is 52.9 Å². The number of carbonyl (C=O) groups excluding carboxylic acids is 2. The van der Waals surface area contributed by atoms with E-state index in [-0.39, 0.29) is 0 Å². The largest absolute Gasteiger partial charge is 0.480 e. The van der Waals surface area contributed by atoms with E-state index in [2.05, 4.69) is 5.32 Å². The molecule has 7 heteroatoms. The molecular weight excluding hydrogens is 276 g/mol. The molecule has 0 bridgehead atoms. The van der Waals surface area contributed by atoms with Crippen LogP contribution in [0.15, 0.2) is 0 Å². The van der Waals surface area contributed by atoms with Crippen molar-refractivity contribution in [3.05, 3.63) is 0 Å². The number of carboxylic acid groups (broad SMARTS) is 1. The van der Waals surface area contributed by atoms with Crippen molar-refractivity contribution in [3.8, 4) is 0 Å². The maximum atomic E-state index is 12.1. The molecule has 21 heavy (non-hydrogen) atoms. The van der Waals surface area contributed by atoms with Crippen LogP contribution in [0.4, 0.5) is 0 Å². The average Bonchev–Trinajstić information content (AvgIpc) is 2.73. The van der Waals surface area contributed by atoms with Crippen molar-refractivity contribution in [2.24, 2.45) is 5.73 Å². The van der Waals surface area contributed by atoms with Crippen LogP contribution in [0.3, 0.4) is 0 Å². The van der Waals surface area contributed by atoms with Crippen molar-refractivity contribution >= 4 is 17.8 Å². The van der Waals surface area contributed by atoms with Gasteiger partial charge in [-0.1, -0.05) is 12.8 Å². The summed E-state index contributed by atoms with van der Waals surface area (Å²) >= 11 is 0. The van der Waals surface area contributed by atoms with Crippen LogP contribution >= 0.6 is 0 Å². The first kappa shape index (κ1) is 17.4. The monoisotopic (exact) mass is 300 g/mol. The summed E-state index contributed by atoms with van der Waals surface area (Å²) < 4.78 is 5.07. The Kier molecular flexibility index (Phi) is 5.33. The first-order chi connectivity index (χ1) is 9.53. The predicted octanol–water partition coefficient (Wildman–Crippen LogP) is 0.559. The van der Waals surface area contributed by atoms with Gasteiger partial charge in [0.1, 0.15) is 11.6 Å².